The molecule has 1 aliphatic heterocycles. The Bertz CT molecular complexity index is 1500. The molecule has 0 bridgehead atoms. The van der Waals surface area contributed by atoms with Crippen molar-refractivity contribution in [2.75, 3.05) is 6.61 Å². The first kappa shape index (κ1) is 21.3. The molecule has 3 aromatic heterocycles. The van der Waals surface area contributed by atoms with Crippen LogP contribution in [0.3, 0.4) is 0 Å². The van der Waals surface area contributed by atoms with Crippen LogP contribution in [0.15, 0.2) is 82.7 Å². The average Bonchev–Trinajstić information content (AvgIpc) is 3.61. The van der Waals surface area contributed by atoms with Crippen LogP contribution in [0.25, 0.3) is 28.1 Å². The molecule has 2 aromatic carbocycles. The normalized spacial score (nSPS) is 15.9. The van der Waals surface area contributed by atoms with Crippen molar-refractivity contribution in [3.63, 3.8) is 0 Å². The first-order valence-corrected chi connectivity index (χ1v) is 11.6. The van der Waals surface area contributed by atoms with E-state index in [1.165, 1.54) is 23.4 Å². The Morgan fingerprint density at radius 2 is 1.97 bits per heavy atom. The topological polar surface area (TPSA) is 97.2 Å². The van der Waals surface area contributed by atoms with Gasteiger partial charge >= 0.3 is 0 Å². The van der Waals surface area contributed by atoms with Crippen molar-refractivity contribution in [3.05, 3.63) is 89.2 Å². The molecule has 6 rings (SSSR count). The van der Waals surface area contributed by atoms with Gasteiger partial charge < -0.3 is 13.9 Å². The van der Waals surface area contributed by atoms with Crippen LogP contribution in [-0.2, 0) is 11.3 Å². The number of nitrogens with zero attached hydrogens (tertiary/aromatic N) is 5. The predicted molar refractivity (Wildman–Crippen MR) is 128 cm³/mol. The minimum absolute atomic E-state index is 0.187. The molecule has 1 atom stereocenters. The summed E-state index contributed by atoms with van der Waals surface area (Å²) in [5, 5.41) is 9.12. The van der Waals surface area contributed by atoms with Crippen LogP contribution in [0.2, 0.25) is 0 Å². The molecule has 0 saturated carbocycles. The molecular formula is C26H23N5O4. The summed E-state index contributed by atoms with van der Waals surface area (Å²) in [7, 11) is 0. The van der Waals surface area contributed by atoms with Crippen molar-refractivity contribution < 1.29 is 13.9 Å². The Hall–Kier alpha value is -4.24. The zero-order valence-electron chi connectivity index (χ0n) is 18.9. The molecule has 176 valence electrons. The van der Waals surface area contributed by atoms with E-state index in [9.17, 15) is 4.79 Å². The van der Waals surface area contributed by atoms with Crippen LogP contribution in [0.1, 0.15) is 31.1 Å². The second kappa shape index (κ2) is 9.19. The number of ether oxygens (including phenoxy) is 2. The highest BCUT2D eigenvalue weighted by Gasteiger charge is 2.25. The second-order valence-electron chi connectivity index (χ2n) is 8.36. The lowest BCUT2D eigenvalue weighted by Gasteiger charge is -2.25. The molecular weight excluding hydrogens is 446 g/mol. The van der Waals surface area contributed by atoms with Crippen molar-refractivity contribution in [1.82, 2.24) is 24.5 Å². The molecule has 35 heavy (non-hydrogen) atoms. The van der Waals surface area contributed by atoms with Crippen LogP contribution < -0.4 is 10.2 Å². The smallest absolute Gasteiger partial charge is 0.225 e. The summed E-state index contributed by atoms with van der Waals surface area (Å²) in [5.74, 6) is 0.847. The fourth-order valence-corrected chi connectivity index (χ4v) is 4.38. The molecule has 0 spiro atoms. The van der Waals surface area contributed by atoms with Gasteiger partial charge in [0.25, 0.3) is 0 Å². The maximum Gasteiger partial charge on any atom is 0.225 e. The van der Waals surface area contributed by atoms with Gasteiger partial charge in [0.05, 0.1) is 16.6 Å². The molecule has 9 nitrogen and oxygen atoms in total. The number of fused-ring (bicyclic) bond motifs is 1. The van der Waals surface area contributed by atoms with E-state index in [4.69, 9.17) is 13.9 Å². The third-order valence-electron chi connectivity index (χ3n) is 6.08. The summed E-state index contributed by atoms with van der Waals surface area (Å²) in [6.45, 7) is 1.04. The number of benzene rings is 2. The Labute approximate surface area is 200 Å². The van der Waals surface area contributed by atoms with Crippen molar-refractivity contribution in [2.45, 2.75) is 32.1 Å². The van der Waals surface area contributed by atoms with E-state index in [-0.39, 0.29) is 17.5 Å². The van der Waals surface area contributed by atoms with E-state index in [1.807, 2.05) is 47.1 Å². The summed E-state index contributed by atoms with van der Waals surface area (Å²) >= 11 is 0. The van der Waals surface area contributed by atoms with Gasteiger partial charge in [0.1, 0.15) is 25.0 Å². The lowest BCUT2D eigenvalue weighted by molar-refractivity contribution is -0.0383. The zero-order valence-corrected chi connectivity index (χ0v) is 18.9. The lowest BCUT2D eigenvalue weighted by atomic mass is 10.1. The predicted octanol–water partition coefficient (Wildman–Crippen LogP) is 4.52. The Morgan fingerprint density at radius 3 is 2.77 bits per heavy atom. The molecule has 1 saturated heterocycles. The van der Waals surface area contributed by atoms with Crippen molar-refractivity contribution in [2.24, 2.45) is 0 Å². The van der Waals surface area contributed by atoms with Gasteiger partial charge in [-0.05, 0) is 43.0 Å². The van der Waals surface area contributed by atoms with Crippen LogP contribution in [-0.4, -0.2) is 31.2 Å². The summed E-state index contributed by atoms with van der Waals surface area (Å²) in [4.78, 5) is 17.1. The molecule has 5 aromatic rings. The lowest BCUT2D eigenvalue weighted by Crippen LogP contribution is -2.20. The van der Waals surface area contributed by atoms with Crippen molar-refractivity contribution in [1.29, 1.82) is 0 Å². The third kappa shape index (κ3) is 4.10. The van der Waals surface area contributed by atoms with Crippen LogP contribution >= 0.6 is 0 Å². The van der Waals surface area contributed by atoms with E-state index < -0.39 is 0 Å². The monoisotopic (exact) mass is 469 g/mol. The minimum Gasteiger partial charge on any atom is -0.488 e. The molecule has 1 unspecified atom stereocenters. The molecule has 4 heterocycles. The maximum absolute atomic E-state index is 13.1. The van der Waals surface area contributed by atoms with Crippen molar-refractivity contribution in [3.8, 4) is 22.9 Å². The zero-order chi connectivity index (χ0) is 23.6. The van der Waals surface area contributed by atoms with Crippen molar-refractivity contribution >= 4 is 11.0 Å². The molecule has 1 aliphatic rings. The van der Waals surface area contributed by atoms with Gasteiger partial charge in [-0.15, -0.1) is 0 Å². The molecule has 0 amide bonds. The fourth-order valence-electron chi connectivity index (χ4n) is 4.38. The van der Waals surface area contributed by atoms with Gasteiger partial charge in [-0.2, -0.15) is 14.9 Å². The Balaban J connectivity index is 1.54. The summed E-state index contributed by atoms with van der Waals surface area (Å²) in [6, 6.07) is 16.8. The Morgan fingerprint density at radius 1 is 1.06 bits per heavy atom. The van der Waals surface area contributed by atoms with E-state index >= 15 is 0 Å². The third-order valence-corrected chi connectivity index (χ3v) is 6.08. The number of hydrogen-bond donors (Lipinski definition) is 0. The minimum atomic E-state index is -0.198. The SMILES string of the molecule is O=c1cc(-n2cncn2)oc2c(-c3ccnn3C3CCCCO3)c(OCc3ccccc3)ccc12. The van der Waals surface area contributed by atoms with Gasteiger partial charge in [-0.3, -0.25) is 4.79 Å². The quantitative estimate of drug-likeness (QED) is 0.361. The summed E-state index contributed by atoms with van der Waals surface area (Å²) in [5.41, 5.74) is 2.63. The highest BCUT2D eigenvalue weighted by Crippen LogP contribution is 2.39. The first-order valence-electron chi connectivity index (χ1n) is 11.6. The van der Waals surface area contributed by atoms with E-state index in [0.29, 0.717) is 35.5 Å². The summed E-state index contributed by atoms with van der Waals surface area (Å²) in [6.07, 6.45) is 7.35. The van der Waals surface area contributed by atoms with Gasteiger partial charge in [0.2, 0.25) is 5.88 Å². The standard InChI is InChI=1S/C26H23N5O4/c32-21-14-24(30-17-27-16-29-30)35-26-19(21)9-10-22(34-15-18-6-2-1-3-7-18)25(26)20-11-12-28-31(20)23-8-4-5-13-33-23/h1-3,6-7,9-12,14,16-17,23H,4-5,8,13,15H2. The summed E-state index contributed by atoms with van der Waals surface area (Å²) < 4.78 is 21.9. The second-order valence-corrected chi connectivity index (χ2v) is 8.36. The number of hydrogen-bond acceptors (Lipinski definition) is 7. The highest BCUT2D eigenvalue weighted by molar-refractivity contribution is 5.95. The molecule has 9 heteroatoms. The average molecular weight is 470 g/mol. The number of rotatable bonds is 6. The number of aromatic nitrogens is 5. The largest absolute Gasteiger partial charge is 0.488 e. The highest BCUT2D eigenvalue weighted by atomic mass is 16.5. The van der Waals surface area contributed by atoms with Gasteiger partial charge in [0, 0.05) is 18.9 Å². The van der Waals surface area contributed by atoms with E-state index in [0.717, 1.165) is 30.5 Å². The van der Waals surface area contributed by atoms with Gasteiger partial charge in [-0.1, -0.05) is 30.3 Å². The molecule has 1 fully saturated rings. The van der Waals surface area contributed by atoms with Crippen LogP contribution in [0, 0.1) is 0 Å². The first-order chi connectivity index (χ1) is 17.3. The molecule has 0 radical (unpaired) electrons. The fraction of sp³-hybridized carbons (Fsp3) is 0.231. The van der Waals surface area contributed by atoms with E-state index in [1.54, 1.807) is 12.3 Å². The van der Waals surface area contributed by atoms with Gasteiger partial charge in [-0.25, -0.2) is 9.67 Å². The van der Waals surface area contributed by atoms with Gasteiger partial charge in [0.15, 0.2) is 17.2 Å². The van der Waals surface area contributed by atoms with Crippen LogP contribution in [0.4, 0.5) is 0 Å². The van der Waals surface area contributed by atoms with Crippen LogP contribution in [0.5, 0.6) is 5.75 Å². The Kier molecular flexibility index (Phi) is 5.59. The van der Waals surface area contributed by atoms with E-state index in [2.05, 4.69) is 15.2 Å². The maximum atomic E-state index is 13.1. The molecule has 0 aliphatic carbocycles. The molecule has 0 N–H and O–H groups in total.